The lowest BCUT2D eigenvalue weighted by molar-refractivity contribution is 1.12. The zero-order valence-corrected chi connectivity index (χ0v) is 10.6. The molecule has 2 rings (SSSR count). The number of aromatic nitrogens is 2. The Labute approximate surface area is 89.7 Å². The molecule has 1 aliphatic heterocycles. The molecule has 0 amide bonds. The van der Waals surface area contributed by atoms with Crippen LogP contribution in [0, 0.1) is 0 Å². The highest BCUT2D eigenvalue weighted by Gasteiger charge is 2.19. The Hall–Kier alpha value is -0.553. The lowest BCUT2D eigenvalue weighted by atomic mass is 10.5. The predicted molar refractivity (Wildman–Crippen MR) is 64.8 cm³/mol. The molecule has 14 heavy (non-hydrogen) atoms. The fourth-order valence-electron chi connectivity index (χ4n) is 1.29. The Morgan fingerprint density at radius 1 is 1.43 bits per heavy atom. The van der Waals surface area contributed by atoms with Crippen molar-refractivity contribution in [3.05, 3.63) is 18.2 Å². The molecule has 0 fully saturated rings. The van der Waals surface area contributed by atoms with Crippen molar-refractivity contribution in [1.82, 2.24) is 9.22 Å². The van der Waals surface area contributed by atoms with E-state index in [0.29, 0.717) is 0 Å². The first-order valence-corrected chi connectivity index (χ1v) is 9.23. The van der Waals surface area contributed by atoms with Gasteiger partial charge in [-0.15, -0.1) is 11.8 Å². The third-order valence-electron chi connectivity index (χ3n) is 2.16. The van der Waals surface area contributed by atoms with Crippen LogP contribution in [0.4, 0.5) is 0 Å². The third-order valence-corrected chi connectivity index (χ3v) is 4.95. The van der Waals surface area contributed by atoms with Crippen molar-refractivity contribution >= 4 is 25.0 Å². The lowest BCUT2D eigenvalue weighted by Gasteiger charge is -2.16. The highest BCUT2D eigenvalue weighted by molar-refractivity contribution is 8.14. The zero-order chi connectivity index (χ0) is 10.2. The van der Waals surface area contributed by atoms with Crippen LogP contribution in [0.5, 0.6) is 0 Å². The van der Waals surface area contributed by atoms with Crippen LogP contribution in [0.3, 0.4) is 0 Å². The van der Waals surface area contributed by atoms with Gasteiger partial charge in [-0.2, -0.15) is 0 Å². The van der Waals surface area contributed by atoms with E-state index in [1.54, 1.807) is 0 Å². The van der Waals surface area contributed by atoms with Crippen LogP contribution in [0.15, 0.2) is 17.5 Å². The van der Waals surface area contributed by atoms with E-state index in [-0.39, 0.29) is 0 Å². The summed E-state index contributed by atoms with van der Waals surface area (Å²) in [6, 6.07) is 0. The number of hydrogen-bond acceptors (Lipinski definition) is 3. The number of hydrogen-bond donors (Lipinski definition) is 0. The van der Waals surface area contributed by atoms with Gasteiger partial charge in [-0.25, -0.2) is 4.98 Å². The molecule has 0 spiro atoms. The molecular formula is C9H15N3SSi. The molecule has 0 atom stereocenters. The summed E-state index contributed by atoms with van der Waals surface area (Å²) in [6.45, 7) is 7.87. The molecule has 76 valence electrons. The maximum absolute atomic E-state index is 4.42. The van der Waals surface area contributed by atoms with Crippen LogP contribution in [-0.4, -0.2) is 34.8 Å². The minimum Gasteiger partial charge on any atom is -0.365 e. The molecule has 0 radical (unpaired) electrons. The maximum Gasteiger partial charge on any atom is 0.154 e. The number of nitrogens with zero attached hydrogens (tertiary/aromatic N) is 3. The van der Waals surface area contributed by atoms with Gasteiger partial charge in [-0.1, -0.05) is 19.6 Å². The van der Waals surface area contributed by atoms with Crippen molar-refractivity contribution in [3.63, 3.8) is 0 Å². The monoisotopic (exact) mass is 225 g/mol. The van der Waals surface area contributed by atoms with Gasteiger partial charge in [0, 0.05) is 18.5 Å². The minimum absolute atomic E-state index is 0.944. The number of imidazole rings is 1. The smallest absolute Gasteiger partial charge is 0.154 e. The maximum atomic E-state index is 4.42. The summed E-state index contributed by atoms with van der Waals surface area (Å²) in [5, 5.41) is 1.11. The first-order chi connectivity index (χ1) is 6.57. The second-order valence-electron chi connectivity index (χ2n) is 4.37. The molecule has 1 aromatic rings. The average Bonchev–Trinajstić information content (AvgIpc) is 2.73. The molecule has 0 aromatic carbocycles. The number of aliphatic imine (C=N–C) groups is 1. The van der Waals surface area contributed by atoms with E-state index in [9.17, 15) is 0 Å². The average molecular weight is 225 g/mol. The van der Waals surface area contributed by atoms with Gasteiger partial charge in [0.15, 0.2) is 8.24 Å². The summed E-state index contributed by atoms with van der Waals surface area (Å²) in [5.41, 5.74) is 1.05. The Morgan fingerprint density at radius 3 is 2.71 bits per heavy atom. The van der Waals surface area contributed by atoms with Crippen LogP contribution in [0.25, 0.3) is 0 Å². The third kappa shape index (κ3) is 1.93. The Morgan fingerprint density at radius 2 is 2.21 bits per heavy atom. The molecule has 1 aliphatic rings. The predicted octanol–water partition coefficient (Wildman–Crippen LogP) is 2.06. The van der Waals surface area contributed by atoms with E-state index < -0.39 is 8.24 Å². The molecular weight excluding hydrogens is 210 g/mol. The van der Waals surface area contributed by atoms with Crippen LogP contribution in [-0.2, 0) is 0 Å². The molecule has 0 saturated heterocycles. The van der Waals surface area contributed by atoms with Crippen molar-refractivity contribution in [2.75, 3.05) is 12.3 Å². The summed E-state index contributed by atoms with van der Waals surface area (Å²) < 4.78 is 2.27. The van der Waals surface area contributed by atoms with Crippen molar-refractivity contribution in [3.8, 4) is 0 Å². The number of rotatable bonds is 2. The summed E-state index contributed by atoms with van der Waals surface area (Å²) in [5.74, 6) is 1.11. The molecule has 1 aromatic heterocycles. The normalized spacial score (nSPS) is 17.2. The second-order valence-corrected chi connectivity index (χ2v) is 10.3. The van der Waals surface area contributed by atoms with Gasteiger partial charge in [-0.3, -0.25) is 4.99 Å². The first kappa shape index (κ1) is 9.98. The SMILES string of the molecule is C[Si](C)(C)n1cnc(C2=NCCS2)c1. The topological polar surface area (TPSA) is 30.2 Å². The Bertz CT molecular complexity index is 364. The molecule has 0 aliphatic carbocycles. The summed E-state index contributed by atoms with van der Waals surface area (Å²) in [4.78, 5) is 8.83. The molecule has 0 saturated carbocycles. The fourth-order valence-corrected chi connectivity index (χ4v) is 3.02. The Balaban J connectivity index is 2.26. The van der Waals surface area contributed by atoms with Gasteiger partial charge >= 0.3 is 0 Å². The van der Waals surface area contributed by atoms with Gasteiger partial charge < -0.3 is 4.23 Å². The van der Waals surface area contributed by atoms with Gasteiger partial charge in [0.2, 0.25) is 0 Å². The van der Waals surface area contributed by atoms with Crippen LogP contribution in [0.1, 0.15) is 5.69 Å². The van der Waals surface area contributed by atoms with Crippen molar-refractivity contribution in [2.24, 2.45) is 4.99 Å². The highest BCUT2D eigenvalue weighted by atomic mass is 32.2. The first-order valence-electron chi connectivity index (χ1n) is 4.79. The van der Waals surface area contributed by atoms with E-state index in [1.165, 1.54) is 0 Å². The highest BCUT2D eigenvalue weighted by Crippen LogP contribution is 2.18. The van der Waals surface area contributed by atoms with E-state index in [2.05, 4.69) is 40.0 Å². The van der Waals surface area contributed by atoms with Crippen LogP contribution >= 0.6 is 11.8 Å². The van der Waals surface area contributed by atoms with Gasteiger partial charge in [-0.05, 0) is 0 Å². The summed E-state index contributed by atoms with van der Waals surface area (Å²) in [6.07, 6.45) is 4.09. The van der Waals surface area contributed by atoms with Crippen molar-refractivity contribution in [2.45, 2.75) is 19.6 Å². The molecule has 0 N–H and O–H groups in total. The van der Waals surface area contributed by atoms with Gasteiger partial charge in [0.05, 0.1) is 6.33 Å². The van der Waals surface area contributed by atoms with Gasteiger partial charge in [0.25, 0.3) is 0 Å². The quantitative estimate of drug-likeness (QED) is 0.721. The summed E-state index contributed by atoms with van der Waals surface area (Å²) in [7, 11) is -1.27. The molecule has 0 bridgehead atoms. The lowest BCUT2D eigenvalue weighted by Crippen LogP contribution is -2.30. The van der Waals surface area contributed by atoms with Crippen molar-refractivity contribution in [1.29, 1.82) is 0 Å². The molecule has 3 nitrogen and oxygen atoms in total. The molecule has 5 heteroatoms. The van der Waals surface area contributed by atoms with Gasteiger partial charge in [0.1, 0.15) is 10.7 Å². The zero-order valence-electron chi connectivity index (χ0n) is 8.82. The minimum atomic E-state index is -1.27. The standard InChI is InChI=1S/C9H15N3SSi/c1-14(2,3)12-6-8(11-7-12)9-10-4-5-13-9/h6-7H,4-5H2,1-3H3. The molecule has 2 heterocycles. The Kier molecular flexibility index (Phi) is 2.53. The van der Waals surface area contributed by atoms with E-state index in [0.717, 1.165) is 23.0 Å². The second kappa shape index (κ2) is 3.55. The van der Waals surface area contributed by atoms with Crippen molar-refractivity contribution < 1.29 is 0 Å². The fraction of sp³-hybridized carbons (Fsp3) is 0.556. The van der Waals surface area contributed by atoms with Crippen LogP contribution in [0.2, 0.25) is 19.6 Å². The number of thioether (sulfide) groups is 1. The largest absolute Gasteiger partial charge is 0.365 e. The van der Waals surface area contributed by atoms with Crippen LogP contribution < -0.4 is 0 Å². The van der Waals surface area contributed by atoms with E-state index in [4.69, 9.17) is 0 Å². The molecule has 0 unspecified atom stereocenters. The van der Waals surface area contributed by atoms with E-state index >= 15 is 0 Å². The van der Waals surface area contributed by atoms with E-state index in [1.807, 2.05) is 18.1 Å². The summed E-state index contributed by atoms with van der Waals surface area (Å²) >= 11 is 1.81.